The van der Waals surface area contributed by atoms with Crippen LogP contribution in [0.4, 0.5) is 4.39 Å². The molecule has 0 radical (unpaired) electrons. The van der Waals surface area contributed by atoms with Gasteiger partial charge in [0.25, 0.3) is 0 Å². The number of likely N-dealkylation sites (tertiary alicyclic amines) is 1. The Labute approximate surface area is 182 Å². The van der Waals surface area contributed by atoms with Crippen LogP contribution in [-0.2, 0) is 11.3 Å². The third-order valence-electron chi connectivity index (χ3n) is 6.36. The van der Waals surface area contributed by atoms with Gasteiger partial charge < -0.3 is 14.6 Å². The standard InChI is InChI=1S/C25H30FNO4/c1-30-24-8-7-21(26)11-20(24)15-27-10-9-17(14-27)16-31-22-4-2-3-19(12-22)23(13-25(28)29)18-5-6-18/h2-4,7-8,11-12,17-18,23H,5-6,9-10,13-16H2,1H3,(H,28,29). The van der Waals surface area contributed by atoms with E-state index >= 15 is 0 Å². The van der Waals surface area contributed by atoms with Gasteiger partial charge >= 0.3 is 5.97 Å². The van der Waals surface area contributed by atoms with E-state index in [1.54, 1.807) is 19.2 Å². The molecule has 1 saturated carbocycles. The molecule has 0 aromatic heterocycles. The molecule has 1 aliphatic heterocycles. The molecule has 2 fully saturated rings. The van der Waals surface area contributed by atoms with Gasteiger partial charge in [-0.15, -0.1) is 0 Å². The number of rotatable bonds is 10. The fourth-order valence-corrected chi connectivity index (χ4v) is 4.60. The normalized spacial score (nSPS) is 19.9. The highest BCUT2D eigenvalue weighted by molar-refractivity contribution is 5.68. The van der Waals surface area contributed by atoms with Crippen LogP contribution in [0, 0.1) is 17.7 Å². The molecule has 1 saturated heterocycles. The first kappa shape index (κ1) is 21.6. The van der Waals surface area contributed by atoms with Crippen LogP contribution in [0.15, 0.2) is 42.5 Å². The molecule has 2 aromatic rings. The number of aliphatic carboxylic acids is 1. The van der Waals surface area contributed by atoms with Crippen molar-refractivity contribution in [3.63, 3.8) is 0 Å². The molecule has 1 aliphatic carbocycles. The van der Waals surface area contributed by atoms with Crippen LogP contribution in [0.1, 0.15) is 42.7 Å². The van der Waals surface area contributed by atoms with Crippen molar-refractivity contribution in [3.05, 3.63) is 59.4 Å². The maximum absolute atomic E-state index is 13.6. The van der Waals surface area contributed by atoms with Crippen LogP contribution in [0.25, 0.3) is 0 Å². The summed E-state index contributed by atoms with van der Waals surface area (Å²) in [6, 6.07) is 12.6. The molecular weight excluding hydrogens is 397 g/mol. The molecule has 5 nitrogen and oxygen atoms in total. The van der Waals surface area contributed by atoms with Crippen LogP contribution < -0.4 is 9.47 Å². The number of benzene rings is 2. The number of hydrogen-bond acceptors (Lipinski definition) is 4. The quantitative estimate of drug-likeness (QED) is 0.595. The van der Waals surface area contributed by atoms with Gasteiger partial charge in [0.05, 0.1) is 20.1 Å². The van der Waals surface area contributed by atoms with Crippen LogP contribution in [0.5, 0.6) is 11.5 Å². The summed E-state index contributed by atoms with van der Waals surface area (Å²) >= 11 is 0. The molecule has 4 rings (SSSR count). The van der Waals surface area contributed by atoms with E-state index in [1.807, 2.05) is 24.3 Å². The Balaban J connectivity index is 1.31. The zero-order valence-electron chi connectivity index (χ0n) is 17.9. The Morgan fingerprint density at radius 2 is 2.06 bits per heavy atom. The molecule has 0 bridgehead atoms. The average molecular weight is 428 g/mol. The van der Waals surface area contributed by atoms with Gasteiger partial charge in [0.15, 0.2) is 0 Å². The van der Waals surface area contributed by atoms with Gasteiger partial charge in [0, 0.05) is 24.6 Å². The highest BCUT2D eigenvalue weighted by atomic mass is 19.1. The minimum atomic E-state index is -0.746. The number of carboxylic acid groups (broad SMARTS) is 1. The monoisotopic (exact) mass is 427 g/mol. The number of carbonyl (C=O) groups is 1. The third-order valence-corrected chi connectivity index (χ3v) is 6.36. The van der Waals surface area contributed by atoms with Crippen molar-refractivity contribution >= 4 is 5.97 Å². The first-order valence-electron chi connectivity index (χ1n) is 11.0. The molecule has 166 valence electrons. The first-order chi connectivity index (χ1) is 15.0. The summed E-state index contributed by atoms with van der Waals surface area (Å²) < 4.78 is 25.1. The van der Waals surface area contributed by atoms with E-state index in [-0.39, 0.29) is 18.2 Å². The van der Waals surface area contributed by atoms with Crippen molar-refractivity contribution in [3.8, 4) is 11.5 Å². The zero-order valence-corrected chi connectivity index (χ0v) is 17.9. The predicted molar refractivity (Wildman–Crippen MR) is 116 cm³/mol. The lowest BCUT2D eigenvalue weighted by Crippen LogP contribution is -2.22. The lowest BCUT2D eigenvalue weighted by molar-refractivity contribution is -0.137. The smallest absolute Gasteiger partial charge is 0.303 e. The molecule has 2 atom stereocenters. The molecule has 0 amide bonds. The highest BCUT2D eigenvalue weighted by Crippen LogP contribution is 2.45. The summed E-state index contributed by atoms with van der Waals surface area (Å²) in [6.07, 6.45) is 3.42. The molecule has 0 spiro atoms. The minimum absolute atomic E-state index is 0.0734. The van der Waals surface area contributed by atoms with Gasteiger partial charge in [-0.1, -0.05) is 12.1 Å². The second kappa shape index (κ2) is 9.69. The van der Waals surface area contributed by atoms with Crippen LogP contribution in [0.2, 0.25) is 0 Å². The second-order valence-electron chi connectivity index (χ2n) is 8.77. The first-order valence-corrected chi connectivity index (χ1v) is 11.0. The van der Waals surface area contributed by atoms with E-state index in [4.69, 9.17) is 9.47 Å². The van der Waals surface area contributed by atoms with Crippen LogP contribution >= 0.6 is 0 Å². The predicted octanol–water partition coefficient (Wildman–Crippen LogP) is 4.70. The maximum atomic E-state index is 13.6. The topological polar surface area (TPSA) is 59.0 Å². The Morgan fingerprint density at radius 1 is 1.23 bits per heavy atom. The number of nitrogens with zero attached hydrogens (tertiary/aromatic N) is 1. The maximum Gasteiger partial charge on any atom is 0.303 e. The summed E-state index contributed by atoms with van der Waals surface area (Å²) in [5.41, 5.74) is 1.93. The van der Waals surface area contributed by atoms with E-state index in [9.17, 15) is 14.3 Å². The van der Waals surface area contributed by atoms with E-state index in [2.05, 4.69) is 4.90 Å². The van der Waals surface area contributed by atoms with Gasteiger partial charge in [-0.05, 0) is 73.5 Å². The van der Waals surface area contributed by atoms with E-state index in [0.717, 1.165) is 49.2 Å². The lowest BCUT2D eigenvalue weighted by atomic mass is 9.91. The zero-order chi connectivity index (χ0) is 21.8. The largest absolute Gasteiger partial charge is 0.496 e. The summed E-state index contributed by atoms with van der Waals surface area (Å²) in [4.78, 5) is 13.6. The van der Waals surface area contributed by atoms with Crippen molar-refractivity contribution in [2.45, 2.75) is 38.1 Å². The molecule has 31 heavy (non-hydrogen) atoms. The third kappa shape index (κ3) is 5.76. The van der Waals surface area contributed by atoms with Gasteiger partial charge in [-0.25, -0.2) is 4.39 Å². The summed E-state index contributed by atoms with van der Waals surface area (Å²) in [5.74, 6) is 1.48. The van der Waals surface area contributed by atoms with Crippen molar-refractivity contribution in [2.75, 3.05) is 26.8 Å². The number of halogens is 1. The highest BCUT2D eigenvalue weighted by Gasteiger charge is 2.34. The SMILES string of the molecule is COc1ccc(F)cc1CN1CCC(COc2cccc(C(CC(=O)O)C3CC3)c2)C1. The number of carboxylic acids is 1. The molecule has 1 N–H and O–H groups in total. The van der Waals surface area contributed by atoms with Crippen LogP contribution in [-0.4, -0.2) is 42.8 Å². The minimum Gasteiger partial charge on any atom is -0.496 e. The van der Waals surface area contributed by atoms with Gasteiger partial charge in [0.2, 0.25) is 0 Å². The van der Waals surface area contributed by atoms with Crippen LogP contribution in [0.3, 0.4) is 0 Å². The molecular formula is C25H30FNO4. The molecule has 2 unspecified atom stereocenters. The van der Waals surface area contributed by atoms with Crippen molar-refractivity contribution in [1.82, 2.24) is 4.90 Å². The Hall–Kier alpha value is -2.60. The Bertz CT molecular complexity index is 914. The summed E-state index contributed by atoms with van der Waals surface area (Å²) in [6.45, 7) is 3.11. The lowest BCUT2D eigenvalue weighted by Gasteiger charge is -2.19. The molecule has 1 heterocycles. The number of hydrogen-bond donors (Lipinski definition) is 1. The molecule has 6 heteroatoms. The number of ether oxygens (including phenoxy) is 2. The van der Waals surface area contributed by atoms with Crippen molar-refractivity contribution in [1.29, 1.82) is 0 Å². The fourth-order valence-electron chi connectivity index (χ4n) is 4.60. The van der Waals surface area contributed by atoms with E-state index in [0.29, 0.717) is 30.7 Å². The van der Waals surface area contributed by atoms with Gasteiger partial charge in [0.1, 0.15) is 17.3 Å². The van der Waals surface area contributed by atoms with E-state index < -0.39 is 5.97 Å². The Morgan fingerprint density at radius 3 is 2.81 bits per heavy atom. The number of methoxy groups -OCH3 is 1. The van der Waals surface area contributed by atoms with Crippen molar-refractivity contribution in [2.24, 2.45) is 11.8 Å². The summed E-state index contributed by atoms with van der Waals surface area (Å²) in [7, 11) is 1.61. The average Bonchev–Trinajstić information content (AvgIpc) is 3.50. The van der Waals surface area contributed by atoms with Gasteiger partial charge in [-0.3, -0.25) is 9.69 Å². The summed E-state index contributed by atoms with van der Waals surface area (Å²) in [5, 5.41) is 9.25. The van der Waals surface area contributed by atoms with E-state index in [1.165, 1.54) is 6.07 Å². The fraction of sp³-hybridized carbons (Fsp3) is 0.480. The molecule has 2 aliphatic rings. The van der Waals surface area contributed by atoms with Gasteiger partial charge in [-0.2, -0.15) is 0 Å². The van der Waals surface area contributed by atoms with Crippen molar-refractivity contribution < 1.29 is 23.8 Å². The Kier molecular flexibility index (Phi) is 6.76. The molecule has 2 aromatic carbocycles. The second-order valence-corrected chi connectivity index (χ2v) is 8.77.